The van der Waals surface area contributed by atoms with Crippen LogP contribution in [0, 0.1) is 5.82 Å². The molecule has 0 atom stereocenters. The highest BCUT2D eigenvalue weighted by atomic mass is 19.1. The van der Waals surface area contributed by atoms with Gasteiger partial charge in [-0.1, -0.05) is 0 Å². The van der Waals surface area contributed by atoms with Crippen LogP contribution in [0.15, 0.2) is 24.8 Å². The zero-order valence-corrected chi connectivity index (χ0v) is 13.8. The van der Waals surface area contributed by atoms with Crippen LogP contribution in [0.3, 0.4) is 0 Å². The van der Waals surface area contributed by atoms with Gasteiger partial charge in [0, 0.05) is 37.7 Å². The van der Waals surface area contributed by atoms with E-state index < -0.39 is 5.82 Å². The van der Waals surface area contributed by atoms with E-state index in [-0.39, 0.29) is 17.0 Å². The average molecular weight is 330 g/mol. The predicted molar refractivity (Wildman–Crippen MR) is 86.3 cm³/mol. The molecular formula is C16H19FN6O. The Morgan fingerprint density at radius 1 is 1.29 bits per heavy atom. The van der Waals surface area contributed by atoms with Gasteiger partial charge < -0.3 is 10.1 Å². The molecule has 24 heavy (non-hydrogen) atoms. The Morgan fingerprint density at radius 2 is 2.08 bits per heavy atom. The highest BCUT2D eigenvalue weighted by Crippen LogP contribution is 2.38. The van der Waals surface area contributed by atoms with Gasteiger partial charge in [-0.15, -0.1) is 0 Å². The van der Waals surface area contributed by atoms with E-state index in [0.29, 0.717) is 11.7 Å². The number of hydrogen-bond acceptors (Lipinski definition) is 5. The van der Waals surface area contributed by atoms with E-state index in [1.165, 1.54) is 10.7 Å². The highest BCUT2D eigenvalue weighted by molar-refractivity contribution is 5.64. The molecule has 1 saturated carbocycles. The molecule has 0 bridgehead atoms. The number of nitrogens with one attached hydrogen (secondary N) is 1. The van der Waals surface area contributed by atoms with E-state index in [1.54, 1.807) is 17.1 Å². The second-order valence-electron chi connectivity index (χ2n) is 6.57. The molecule has 0 amide bonds. The molecule has 3 aromatic rings. The van der Waals surface area contributed by atoms with Gasteiger partial charge in [-0.25, -0.2) is 13.9 Å². The van der Waals surface area contributed by atoms with E-state index in [1.807, 2.05) is 27.2 Å². The maximum Gasteiger partial charge on any atom is 0.244 e. The molecule has 1 aliphatic carbocycles. The van der Waals surface area contributed by atoms with Gasteiger partial charge in [0.1, 0.15) is 5.60 Å². The predicted octanol–water partition coefficient (Wildman–Crippen LogP) is 1.79. The minimum absolute atomic E-state index is 0.261. The molecule has 7 nitrogen and oxygen atoms in total. The number of rotatable bonds is 4. The number of fused-ring (bicyclic) bond motifs is 1. The van der Waals surface area contributed by atoms with Gasteiger partial charge in [-0.05, 0) is 14.0 Å². The van der Waals surface area contributed by atoms with Crippen molar-refractivity contribution in [1.82, 2.24) is 29.7 Å². The molecular weight excluding hydrogens is 311 g/mol. The Bertz CT molecular complexity index is 895. The fourth-order valence-electron chi connectivity index (χ4n) is 3.21. The molecule has 0 aromatic carbocycles. The highest BCUT2D eigenvalue weighted by Gasteiger charge is 2.42. The summed E-state index contributed by atoms with van der Waals surface area (Å²) < 4.78 is 23.4. The summed E-state index contributed by atoms with van der Waals surface area (Å²) >= 11 is 0. The lowest BCUT2D eigenvalue weighted by molar-refractivity contribution is -0.0154. The molecule has 3 heterocycles. The number of nitrogens with zero attached hydrogens (tertiary/aromatic N) is 5. The monoisotopic (exact) mass is 330 g/mol. The zero-order valence-electron chi connectivity index (χ0n) is 13.8. The fraction of sp³-hybridized carbons (Fsp3) is 0.438. The van der Waals surface area contributed by atoms with E-state index in [4.69, 9.17) is 4.74 Å². The van der Waals surface area contributed by atoms with Crippen molar-refractivity contribution in [2.45, 2.75) is 31.4 Å². The topological polar surface area (TPSA) is 69.3 Å². The molecule has 0 radical (unpaired) electrons. The summed E-state index contributed by atoms with van der Waals surface area (Å²) in [7, 11) is 3.76. The number of aryl methyl sites for hydroxylation is 1. The minimum atomic E-state index is -0.441. The van der Waals surface area contributed by atoms with E-state index in [9.17, 15) is 4.39 Å². The first-order chi connectivity index (χ1) is 11.5. The maximum atomic E-state index is 14.2. The Hall–Kier alpha value is -2.48. The smallest absolute Gasteiger partial charge is 0.244 e. The number of ether oxygens (including phenoxy) is 1. The van der Waals surface area contributed by atoms with Crippen LogP contribution in [0.2, 0.25) is 0 Å². The molecule has 1 aliphatic rings. The van der Waals surface area contributed by atoms with Gasteiger partial charge in [0.2, 0.25) is 5.88 Å². The van der Waals surface area contributed by atoms with Gasteiger partial charge in [0.25, 0.3) is 0 Å². The first-order valence-electron chi connectivity index (χ1n) is 7.87. The second-order valence-corrected chi connectivity index (χ2v) is 6.57. The van der Waals surface area contributed by atoms with Crippen molar-refractivity contribution in [2.24, 2.45) is 7.05 Å². The van der Waals surface area contributed by atoms with Crippen LogP contribution in [0.5, 0.6) is 5.88 Å². The SMILES string of the molecule is CN[C@H]1C[C@@](C)(Oc2nc(-c3cnn(C)c3)cn3ncc(F)c23)C1. The van der Waals surface area contributed by atoms with Gasteiger partial charge in [0.05, 0.1) is 24.3 Å². The van der Waals surface area contributed by atoms with Crippen LogP contribution in [0.1, 0.15) is 19.8 Å². The largest absolute Gasteiger partial charge is 0.470 e. The minimum Gasteiger partial charge on any atom is -0.470 e. The molecule has 1 N–H and O–H groups in total. The van der Waals surface area contributed by atoms with Crippen molar-refractivity contribution in [3.8, 4) is 17.1 Å². The third-order valence-corrected chi connectivity index (χ3v) is 4.53. The van der Waals surface area contributed by atoms with Crippen molar-refractivity contribution in [3.63, 3.8) is 0 Å². The molecule has 0 spiro atoms. The fourth-order valence-corrected chi connectivity index (χ4v) is 3.21. The average Bonchev–Trinajstić information content (AvgIpc) is 3.11. The van der Waals surface area contributed by atoms with Crippen LogP contribution < -0.4 is 10.1 Å². The van der Waals surface area contributed by atoms with Crippen LogP contribution in [0.25, 0.3) is 16.8 Å². The van der Waals surface area contributed by atoms with Crippen LogP contribution in [-0.4, -0.2) is 43.1 Å². The Labute approximate surface area is 138 Å². The Balaban J connectivity index is 1.76. The van der Waals surface area contributed by atoms with E-state index >= 15 is 0 Å². The van der Waals surface area contributed by atoms with Gasteiger partial charge in [-0.3, -0.25) is 4.68 Å². The molecule has 3 aromatic heterocycles. The van der Waals surface area contributed by atoms with Crippen LogP contribution >= 0.6 is 0 Å². The molecule has 4 rings (SSSR count). The third-order valence-electron chi connectivity index (χ3n) is 4.53. The van der Waals surface area contributed by atoms with E-state index in [2.05, 4.69) is 20.5 Å². The first-order valence-corrected chi connectivity index (χ1v) is 7.87. The number of halogens is 1. The third kappa shape index (κ3) is 2.43. The molecule has 8 heteroatoms. The summed E-state index contributed by atoms with van der Waals surface area (Å²) in [5.41, 5.74) is 1.37. The lowest BCUT2D eigenvalue weighted by Crippen LogP contribution is -2.54. The quantitative estimate of drug-likeness (QED) is 0.790. The molecule has 126 valence electrons. The van der Waals surface area contributed by atoms with Crippen molar-refractivity contribution in [2.75, 3.05) is 7.05 Å². The zero-order chi connectivity index (χ0) is 16.9. The normalized spacial score (nSPS) is 23.4. The molecule has 1 fully saturated rings. The summed E-state index contributed by atoms with van der Waals surface area (Å²) in [6.45, 7) is 2.02. The van der Waals surface area contributed by atoms with Gasteiger partial charge in [0.15, 0.2) is 11.3 Å². The van der Waals surface area contributed by atoms with Crippen LogP contribution in [-0.2, 0) is 7.05 Å². The van der Waals surface area contributed by atoms with Crippen LogP contribution in [0.4, 0.5) is 4.39 Å². The summed E-state index contributed by atoms with van der Waals surface area (Å²) in [5, 5.41) is 11.4. The van der Waals surface area contributed by atoms with Gasteiger partial charge >= 0.3 is 0 Å². The van der Waals surface area contributed by atoms with Crippen molar-refractivity contribution >= 4 is 5.52 Å². The second kappa shape index (κ2) is 5.27. The lowest BCUT2D eigenvalue weighted by atomic mass is 9.77. The number of aromatic nitrogens is 5. The Kier molecular flexibility index (Phi) is 3.31. The van der Waals surface area contributed by atoms with Crippen molar-refractivity contribution in [3.05, 3.63) is 30.6 Å². The standard InChI is InChI=1S/C16H19FN6O/c1-16(4-11(5-16)18-2)24-15-14-12(17)7-20-23(14)9-13(21-15)10-6-19-22(3)8-10/h6-9,11,18H,4-5H2,1-3H3/t11-,16+. The summed E-state index contributed by atoms with van der Waals surface area (Å²) in [5.74, 6) is -0.174. The molecule has 0 saturated heterocycles. The summed E-state index contributed by atoms with van der Waals surface area (Å²) in [6.07, 6.45) is 8.12. The first kappa shape index (κ1) is 15.1. The van der Waals surface area contributed by atoms with E-state index in [0.717, 1.165) is 18.4 Å². The van der Waals surface area contributed by atoms with Crippen molar-refractivity contribution in [1.29, 1.82) is 0 Å². The van der Waals surface area contributed by atoms with Crippen molar-refractivity contribution < 1.29 is 9.13 Å². The lowest BCUT2D eigenvalue weighted by Gasteiger charge is -2.44. The molecule has 0 aliphatic heterocycles. The molecule has 0 unspecified atom stereocenters. The summed E-state index contributed by atoms with van der Waals surface area (Å²) in [4.78, 5) is 4.54. The maximum absolute atomic E-state index is 14.2. The van der Waals surface area contributed by atoms with Gasteiger partial charge in [-0.2, -0.15) is 10.2 Å². The summed E-state index contributed by atoms with van der Waals surface area (Å²) in [6, 6.07) is 0.419. The Morgan fingerprint density at radius 3 is 2.75 bits per heavy atom. The number of hydrogen-bond donors (Lipinski definition) is 1.